The van der Waals surface area contributed by atoms with Gasteiger partial charge < -0.3 is 5.32 Å². The van der Waals surface area contributed by atoms with Crippen LogP contribution >= 0.6 is 11.8 Å². The van der Waals surface area contributed by atoms with Gasteiger partial charge in [0.2, 0.25) is 0 Å². The number of thioether (sulfide) groups is 1. The van der Waals surface area contributed by atoms with Gasteiger partial charge in [-0.2, -0.15) is 0 Å². The van der Waals surface area contributed by atoms with Crippen LogP contribution in [0.15, 0.2) is 48.0 Å². The Kier molecular flexibility index (Phi) is 3.66. The topological polar surface area (TPSA) is 55.2 Å². The van der Waals surface area contributed by atoms with Gasteiger partial charge in [0.1, 0.15) is 0 Å². The molecule has 0 saturated heterocycles. The van der Waals surface area contributed by atoms with E-state index < -0.39 is 0 Å². The van der Waals surface area contributed by atoms with Crippen LogP contribution in [0.5, 0.6) is 0 Å². The lowest BCUT2D eigenvalue weighted by Gasteiger charge is -2.50. The van der Waals surface area contributed by atoms with Crippen molar-refractivity contribution in [1.29, 1.82) is 0 Å². The Morgan fingerprint density at radius 3 is 2.81 bits per heavy atom. The number of fused-ring (bicyclic) bond motifs is 5. The third-order valence-corrected chi connectivity index (χ3v) is 7.85. The Morgan fingerprint density at radius 2 is 2.00 bits per heavy atom. The summed E-state index contributed by atoms with van der Waals surface area (Å²) in [6.45, 7) is 4.49. The van der Waals surface area contributed by atoms with Gasteiger partial charge >= 0.3 is 0 Å². The lowest BCUT2D eigenvalue weighted by Crippen LogP contribution is -2.50. The van der Waals surface area contributed by atoms with Crippen molar-refractivity contribution >= 4 is 28.0 Å². The highest BCUT2D eigenvalue weighted by Crippen LogP contribution is 2.54. The lowest BCUT2D eigenvalue weighted by molar-refractivity contribution is -0.385. The average Bonchev–Trinajstić information content (AvgIpc) is 2.67. The molecule has 3 aliphatic rings. The quantitative estimate of drug-likeness (QED) is 0.534. The second-order valence-electron chi connectivity index (χ2n) is 8.26. The van der Waals surface area contributed by atoms with E-state index in [1.165, 1.54) is 21.6 Å². The van der Waals surface area contributed by atoms with Crippen molar-refractivity contribution in [2.24, 2.45) is 5.92 Å². The minimum atomic E-state index is -0.295. The monoisotopic (exact) mass is 378 g/mol. The number of hydrogen-bond acceptors (Lipinski definition) is 4. The summed E-state index contributed by atoms with van der Waals surface area (Å²) < 4.78 is 0. The summed E-state index contributed by atoms with van der Waals surface area (Å²) in [5.74, 6) is 1.45. The van der Waals surface area contributed by atoms with Crippen molar-refractivity contribution in [1.82, 2.24) is 0 Å². The predicted octanol–water partition coefficient (Wildman–Crippen LogP) is 5.39. The van der Waals surface area contributed by atoms with Gasteiger partial charge in [-0.25, -0.2) is 0 Å². The molecule has 0 saturated carbocycles. The van der Waals surface area contributed by atoms with Crippen molar-refractivity contribution in [3.63, 3.8) is 0 Å². The van der Waals surface area contributed by atoms with Crippen molar-refractivity contribution in [3.8, 4) is 0 Å². The van der Waals surface area contributed by atoms with E-state index in [1.54, 1.807) is 12.1 Å². The molecule has 2 aromatic rings. The summed E-state index contributed by atoms with van der Waals surface area (Å²) >= 11 is 1.97. The number of nitro groups is 1. The van der Waals surface area contributed by atoms with E-state index in [4.69, 9.17) is 0 Å². The lowest BCUT2D eigenvalue weighted by atomic mass is 9.65. The summed E-state index contributed by atoms with van der Waals surface area (Å²) in [5.41, 5.74) is 6.55. The second-order valence-corrected chi connectivity index (χ2v) is 9.29. The minimum Gasteiger partial charge on any atom is -0.378 e. The molecular weight excluding hydrogens is 356 g/mol. The molecule has 4 nitrogen and oxygen atoms in total. The maximum absolute atomic E-state index is 11.3. The van der Waals surface area contributed by atoms with E-state index in [9.17, 15) is 10.1 Å². The molecule has 2 aromatic carbocycles. The van der Waals surface area contributed by atoms with Crippen LogP contribution in [-0.4, -0.2) is 16.7 Å². The Morgan fingerprint density at radius 1 is 1.19 bits per heavy atom. The molecule has 0 aromatic heterocycles. The van der Waals surface area contributed by atoms with E-state index in [1.807, 2.05) is 17.8 Å². The van der Waals surface area contributed by atoms with Crippen LogP contribution in [0.1, 0.15) is 37.0 Å². The van der Waals surface area contributed by atoms with Crippen molar-refractivity contribution in [2.75, 3.05) is 11.1 Å². The number of hydrogen-bond donors (Lipinski definition) is 1. The maximum Gasteiger partial charge on any atom is 0.269 e. The Labute approximate surface area is 163 Å². The second kappa shape index (κ2) is 5.86. The first-order chi connectivity index (χ1) is 13.0. The zero-order chi connectivity index (χ0) is 18.8. The van der Waals surface area contributed by atoms with E-state index in [0.29, 0.717) is 12.0 Å². The summed E-state index contributed by atoms with van der Waals surface area (Å²) in [4.78, 5) is 12.4. The van der Waals surface area contributed by atoms with Gasteiger partial charge in [0.15, 0.2) is 0 Å². The Balaban J connectivity index is 1.62. The first kappa shape index (κ1) is 16.9. The molecule has 0 spiro atoms. The summed E-state index contributed by atoms with van der Waals surface area (Å²) in [6, 6.07) is 14.3. The van der Waals surface area contributed by atoms with E-state index >= 15 is 0 Å². The molecule has 2 aliphatic heterocycles. The van der Waals surface area contributed by atoms with Crippen LogP contribution in [-0.2, 0) is 11.8 Å². The highest BCUT2D eigenvalue weighted by molar-refractivity contribution is 8.08. The van der Waals surface area contributed by atoms with Gasteiger partial charge in [0.05, 0.1) is 11.0 Å². The van der Waals surface area contributed by atoms with Crippen LogP contribution in [0.4, 0.5) is 11.4 Å². The van der Waals surface area contributed by atoms with Gasteiger partial charge in [-0.3, -0.25) is 10.1 Å². The van der Waals surface area contributed by atoms with Crippen LogP contribution in [0.2, 0.25) is 0 Å². The highest BCUT2D eigenvalue weighted by Gasteiger charge is 2.47. The maximum atomic E-state index is 11.3. The molecule has 5 heteroatoms. The molecule has 1 aliphatic carbocycles. The number of nitrogens with zero attached hydrogens (tertiary/aromatic N) is 1. The molecule has 138 valence electrons. The summed E-state index contributed by atoms with van der Waals surface area (Å²) in [7, 11) is 0. The number of aryl methyl sites for hydroxylation is 1. The Bertz CT molecular complexity index is 996. The molecular formula is C22H22N2O2S. The van der Waals surface area contributed by atoms with Crippen molar-refractivity contribution in [3.05, 3.63) is 74.8 Å². The number of non-ortho nitro benzene ring substituents is 1. The van der Waals surface area contributed by atoms with Gasteiger partial charge in [-0.1, -0.05) is 38.1 Å². The SMILES string of the molecule is CC1(C)c2cc([N+](=O)[O-])ccc2NC2C3=C(SCC21)c1ccccc1CC3. The fourth-order valence-electron chi connectivity index (χ4n) is 4.98. The third kappa shape index (κ3) is 2.44. The number of anilines is 1. The molecule has 0 bridgehead atoms. The average molecular weight is 378 g/mol. The summed E-state index contributed by atoms with van der Waals surface area (Å²) in [5, 5.41) is 15.0. The zero-order valence-corrected chi connectivity index (χ0v) is 16.3. The molecule has 2 unspecified atom stereocenters. The van der Waals surface area contributed by atoms with Crippen molar-refractivity contribution in [2.45, 2.75) is 38.1 Å². The fraction of sp³-hybridized carbons (Fsp3) is 0.364. The molecule has 5 rings (SSSR count). The van der Waals surface area contributed by atoms with Crippen LogP contribution < -0.4 is 5.32 Å². The van der Waals surface area contributed by atoms with Gasteiger partial charge in [-0.15, -0.1) is 11.8 Å². The first-order valence-electron chi connectivity index (χ1n) is 9.46. The van der Waals surface area contributed by atoms with Crippen LogP contribution in [0, 0.1) is 16.0 Å². The predicted molar refractivity (Wildman–Crippen MR) is 111 cm³/mol. The Hall–Kier alpha value is -2.27. The number of nitro benzene ring substituents is 1. The van der Waals surface area contributed by atoms with Gasteiger partial charge in [-0.05, 0) is 46.6 Å². The molecule has 2 heterocycles. The van der Waals surface area contributed by atoms with E-state index in [-0.39, 0.29) is 16.0 Å². The number of nitrogens with one attached hydrogen (secondary N) is 1. The van der Waals surface area contributed by atoms with E-state index in [0.717, 1.165) is 29.8 Å². The number of benzene rings is 2. The highest BCUT2D eigenvalue weighted by atomic mass is 32.2. The van der Waals surface area contributed by atoms with Gasteiger partial charge in [0.25, 0.3) is 5.69 Å². The largest absolute Gasteiger partial charge is 0.378 e. The van der Waals surface area contributed by atoms with Gasteiger partial charge in [0, 0.05) is 34.4 Å². The third-order valence-electron chi connectivity index (χ3n) is 6.55. The molecule has 27 heavy (non-hydrogen) atoms. The zero-order valence-electron chi connectivity index (χ0n) is 15.5. The molecule has 0 fully saturated rings. The molecule has 0 amide bonds. The standard InChI is InChI=1S/C22H22N2O2S/c1-22(2)17-11-14(24(25)26)8-10-19(17)23-20-16-9-7-13-5-3-4-6-15(13)21(16)27-12-18(20)22/h3-6,8,10-11,18,20,23H,7,9,12H2,1-2H3. The number of rotatable bonds is 1. The van der Waals surface area contributed by atoms with Crippen molar-refractivity contribution < 1.29 is 4.92 Å². The minimum absolute atomic E-state index is 0.111. The van der Waals surface area contributed by atoms with Crippen LogP contribution in [0.3, 0.4) is 0 Å². The fourth-order valence-corrected chi connectivity index (χ4v) is 6.70. The first-order valence-corrected chi connectivity index (χ1v) is 10.4. The summed E-state index contributed by atoms with van der Waals surface area (Å²) in [6.07, 6.45) is 2.18. The van der Waals surface area contributed by atoms with Crippen LogP contribution in [0.25, 0.3) is 4.91 Å². The molecule has 1 N–H and O–H groups in total. The normalized spacial score (nSPS) is 24.8. The smallest absolute Gasteiger partial charge is 0.269 e. The van der Waals surface area contributed by atoms with E-state index in [2.05, 4.69) is 43.4 Å². The molecule has 2 atom stereocenters. The molecule has 0 radical (unpaired) electrons.